The molecule has 2 heterocycles. The topological polar surface area (TPSA) is 32.3 Å². The normalized spacial score (nSPS) is 20.6. The van der Waals surface area contributed by atoms with E-state index in [1.54, 1.807) is 0 Å². The summed E-state index contributed by atoms with van der Waals surface area (Å²) in [7, 11) is 0. The molecule has 2 aliphatic heterocycles. The van der Waals surface area contributed by atoms with Crippen LogP contribution in [0.1, 0.15) is 48.4 Å². The van der Waals surface area contributed by atoms with Gasteiger partial charge in [0.2, 0.25) is 5.91 Å². The van der Waals surface area contributed by atoms with Crippen molar-refractivity contribution in [3.63, 3.8) is 0 Å². The van der Waals surface area contributed by atoms with Crippen LogP contribution in [-0.2, 0) is 11.2 Å². The first-order valence-corrected chi connectivity index (χ1v) is 9.96. The van der Waals surface area contributed by atoms with Crippen LogP contribution < -0.4 is 5.32 Å². The fraction of sp³-hybridized carbons (Fsp3) is 0.435. The molecular formula is C23H28N2O. The third kappa shape index (κ3) is 3.68. The summed E-state index contributed by atoms with van der Waals surface area (Å²) in [5, 5.41) is 3.41. The predicted molar refractivity (Wildman–Crippen MR) is 105 cm³/mol. The zero-order valence-corrected chi connectivity index (χ0v) is 15.4. The van der Waals surface area contributed by atoms with Crippen molar-refractivity contribution in [2.24, 2.45) is 5.92 Å². The van der Waals surface area contributed by atoms with E-state index in [0.29, 0.717) is 18.2 Å². The zero-order valence-electron chi connectivity index (χ0n) is 15.4. The van der Waals surface area contributed by atoms with Crippen LogP contribution in [-0.4, -0.2) is 30.4 Å². The van der Waals surface area contributed by atoms with Gasteiger partial charge in [0.1, 0.15) is 0 Å². The van der Waals surface area contributed by atoms with Crippen molar-refractivity contribution in [3.8, 4) is 0 Å². The predicted octanol–water partition coefficient (Wildman–Crippen LogP) is 3.94. The van der Waals surface area contributed by atoms with Gasteiger partial charge >= 0.3 is 0 Å². The highest BCUT2D eigenvalue weighted by atomic mass is 16.2. The van der Waals surface area contributed by atoms with E-state index >= 15 is 0 Å². The van der Waals surface area contributed by atoms with Crippen molar-refractivity contribution in [2.45, 2.75) is 38.1 Å². The smallest absolute Gasteiger partial charge is 0.223 e. The molecule has 3 nitrogen and oxygen atoms in total. The molecule has 1 fully saturated rings. The van der Waals surface area contributed by atoms with Crippen molar-refractivity contribution in [3.05, 3.63) is 71.3 Å². The molecule has 2 aliphatic rings. The molecule has 26 heavy (non-hydrogen) atoms. The minimum atomic E-state index is 0.0571. The van der Waals surface area contributed by atoms with Gasteiger partial charge < -0.3 is 10.2 Å². The van der Waals surface area contributed by atoms with Crippen molar-refractivity contribution in [2.75, 3.05) is 19.6 Å². The summed E-state index contributed by atoms with van der Waals surface area (Å²) in [5.41, 5.74) is 3.89. The quantitative estimate of drug-likeness (QED) is 0.908. The Hall–Kier alpha value is -2.13. The van der Waals surface area contributed by atoms with Gasteiger partial charge in [-0.1, -0.05) is 54.6 Å². The Labute approximate surface area is 156 Å². The molecule has 136 valence electrons. The Morgan fingerprint density at radius 3 is 2.54 bits per heavy atom. The van der Waals surface area contributed by atoms with Crippen LogP contribution in [0.25, 0.3) is 0 Å². The average Bonchev–Trinajstić information content (AvgIpc) is 2.72. The Balaban J connectivity index is 1.55. The molecule has 0 saturated carbocycles. The molecule has 1 unspecified atom stereocenters. The van der Waals surface area contributed by atoms with Gasteiger partial charge in [-0.2, -0.15) is 0 Å². The first-order valence-electron chi connectivity index (χ1n) is 9.96. The number of carbonyl (C=O) groups is 1. The molecule has 4 rings (SSSR count). The van der Waals surface area contributed by atoms with Crippen molar-refractivity contribution in [1.82, 2.24) is 10.2 Å². The second-order valence-corrected chi connectivity index (χ2v) is 7.58. The number of benzene rings is 2. The SMILES string of the molecule is O=C(CCC1CCNCC1)N1CCc2ccccc2C1c1ccccc1. The first kappa shape index (κ1) is 17.3. The van der Waals surface area contributed by atoms with E-state index in [2.05, 4.69) is 58.7 Å². The number of piperidine rings is 1. The Morgan fingerprint density at radius 1 is 1.00 bits per heavy atom. The number of rotatable bonds is 4. The molecule has 1 saturated heterocycles. The Bertz CT molecular complexity index is 737. The molecule has 1 amide bonds. The lowest BCUT2D eigenvalue weighted by atomic mass is 9.87. The first-order chi connectivity index (χ1) is 12.8. The van der Waals surface area contributed by atoms with E-state index in [4.69, 9.17) is 0 Å². The maximum atomic E-state index is 13.1. The number of fused-ring (bicyclic) bond motifs is 1. The van der Waals surface area contributed by atoms with Gasteiger partial charge in [-0.3, -0.25) is 4.79 Å². The highest BCUT2D eigenvalue weighted by Gasteiger charge is 2.31. The van der Waals surface area contributed by atoms with Crippen LogP contribution in [0.2, 0.25) is 0 Å². The largest absolute Gasteiger partial charge is 0.331 e. The van der Waals surface area contributed by atoms with E-state index in [1.165, 1.54) is 29.5 Å². The number of amides is 1. The molecule has 0 bridgehead atoms. The monoisotopic (exact) mass is 348 g/mol. The van der Waals surface area contributed by atoms with Gasteiger partial charge in [-0.05, 0) is 61.4 Å². The molecule has 3 heteroatoms. The van der Waals surface area contributed by atoms with Crippen molar-refractivity contribution < 1.29 is 4.79 Å². The average molecular weight is 348 g/mol. The molecule has 1 N–H and O–H groups in total. The van der Waals surface area contributed by atoms with E-state index in [1.807, 2.05) is 6.07 Å². The maximum Gasteiger partial charge on any atom is 0.223 e. The van der Waals surface area contributed by atoms with Crippen LogP contribution in [0.5, 0.6) is 0 Å². The van der Waals surface area contributed by atoms with E-state index in [9.17, 15) is 4.79 Å². The van der Waals surface area contributed by atoms with Crippen LogP contribution in [0.4, 0.5) is 0 Å². The molecule has 0 aliphatic carbocycles. The molecule has 1 atom stereocenters. The van der Waals surface area contributed by atoms with Crippen molar-refractivity contribution in [1.29, 1.82) is 0 Å². The molecule has 2 aromatic carbocycles. The van der Waals surface area contributed by atoms with Crippen LogP contribution in [0, 0.1) is 5.92 Å². The fourth-order valence-corrected chi connectivity index (χ4v) is 4.47. The summed E-state index contributed by atoms with van der Waals surface area (Å²) in [4.78, 5) is 15.3. The molecule has 2 aromatic rings. The van der Waals surface area contributed by atoms with Crippen LogP contribution >= 0.6 is 0 Å². The van der Waals surface area contributed by atoms with E-state index in [-0.39, 0.29) is 6.04 Å². The molecule has 0 aromatic heterocycles. The Kier molecular flexibility index (Phi) is 5.35. The van der Waals surface area contributed by atoms with Crippen molar-refractivity contribution >= 4 is 5.91 Å². The van der Waals surface area contributed by atoms with E-state index in [0.717, 1.165) is 32.5 Å². The fourth-order valence-electron chi connectivity index (χ4n) is 4.47. The highest BCUT2D eigenvalue weighted by molar-refractivity contribution is 5.77. The molecule has 0 spiro atoms. The number of hydrogen-bond acceptors (Lipinski definition) is 2. The number of hydrogen-bond donors (Lipinski definition) is 1. The minimum Gasteiger partial charge on any atom is -0.331 e. The van der Waals surface area contributed by atoms with Gasteiger partial charge in [0.15, 0.2) is 0 Å². The second-order valence-electron chi connectivity index (χ2n) is 7.58. The van der Waals surface area contributed by atoms with Gasteiger partial charge in [-0.15, -0.1) is 0 Å². The summed E-state index contributed by atoms with van der Waals surface area (Å²) < 4.78 is 0. The van der Waals surface area contributed by atoms with Crippen LogP contribution in [0.15, 0.2) is 54.6 Å². The lowest BCUT2D eigenvalue weighted by Crippen LogP contribution is -2.40. The highest BCUT2D eigenvalue weighted by Crippen LogP contribution is 2.35. The lowest BCUT2D eigenvalue weighted by molar-refractivity contribution is -0.133. The third-order valence-electron chi connectivity index (χ3n) is 5.94. The lowest BCUT2D eigenvalue weighted by Gasteiger charge is -2.38. The summed E-state index contributed by atoms with van der Waals surface area (Å²) in [5.74, 6) is 1.01. The summed E-state index contributed by atoms with van der Waals surface area (Å²) in [6.07, 6.45) is 5.07. The zero-order chi connectivity index (χ0) is 17.8. The van der Waals surface area contributed by atoms with Gasteiger partial charge in [0.05, 0.1) is 6.04 Å². The minimum absolute atomic E-state index is 0.0571. The number of nitrogens with zero attached hydrogens (tertiary/aromatic N) is 1. The van der Waals surface area contributed by atoms with E-state index < -0.39 is 0 Å². The van der Waals surface area contributed by atoms with Gasteiger partial charge in [-0.25, -0.2) is 0 Å². The van der Waals surface area contributed by atoms with Gasteiger partial charge in [0.25, 0.3) is 0 Å². The maximum absolute atomic E-state index is 13.1. The second kappa shape index (κ2) is 8.05. The van der Waals surface area contributed by atoms with Crippen LogP contribution in [0.3, 0.4) is 0 Å². The third-order valence-corrected chi connectivity index (χ3v) is 5.94. The summed E-state index contributed by atoms with van der Waals surface area (Å²) in [6.45, 7) is 3.02. The molecular weight excluding hydrogens is 320 g/mol. The number of carbonyl (C=O) groups excluding carboxylic acids is 1. The number of nitrogens with one attached hydrogen (secondary N) is 1. The summed E-state index contributed by atoms with van der Waals surface area (Å²) in [6, 6.07) is 19.2. The molecule has 0 radical (unpaired) electrons. The standard InChI is InChI=1S/C23H28N2O/c26-22(11-10-18-12-15-24-16-13-18)25-17-14-19-6-4-5-9-21(19)23(25)20-7-2-1-3-8-20/h1-9,18,23-24H,10-17H2. The van der Waals surface area contributed by atoms with Gasteiger partial charge in [0, 0.05) is 13.0 Å². The summed E-state index contributed by atoms with van der Waals surface area (Å²) >= 11 is 0. The Morgan fingerprint density at radius 2 is 1.73 bits per heavy atom.